The van der Waals surface area contributed by atoms with E-state index in [0.29, 0.717) is 10.8 Å². The lowest BCUT2D eigenvalue weighted by Gasteiger charge is -2.33. The summed E-state index contributed by atoms with van der Waals surface area (Å²) in [4.78, 5) is 0. The number of hydrogen-bond acceptors (Lipinski definition) is 0. The van der Waals surface area contributed by atoms with Crippen LogP contribution < -0.4 is 0 Å². The van der Waals surface area contributed by atoms with Crippen molar-refractivity contribution in [2.45, 2.75) is 133 Å². The largest absolute Gasteiger partial charge is 0.0853 e. The van der Waals surface area contributed by atoms with Gasteiger partial charge >= 0.3 is 0 Å². The van der Waals surface area contributed by atoms with E-state index in [2.05, 4.69) is 130 Å². The van der Waals surface area contributed by atoms with E-state index < -0.39 is 0 Å². The lowest BCUT2D eigenvalue weighted by molar-refractivity contribution is 0.376. The molecule has 2 aliphatic rings. The van der Waals surface area contributed by atoms with Gasteiger partial charge in [0.25, 0.3) is 0 Å². The molecular weight excluding hydrogens is 480 g/mol. The molecule has 2 aliphatic carbocycles. The molecule has 0 radical (unpaired) electrons. The summed E-state index contributed by atoms with van der Waals surface area (Å²) in [6.07, 6.45) is 35.4. The van der Waals surface area contributed by atoms with Crippen LogP contribution in [-0.2, 0) is 0 Å². The van der Waals surface area contributed by atoms with Crippen LogP contribution in [-0.4, -0.2) is 0 Å². The molecule has 0 heteroatoms. The van der Waals surface area contributed by atoms with E-state index in [1.807, 2.05) is 0 Å². The van der Waals surface area contributed by atoms with Gasteiger partial charge in [0, 0.05) is 0 Å². The van der Waals surface area contributed by atoms with Gasteiger partial charge in [-0.25, -0.2) is 0 Å². The molecule has 220 valence electrons. The molecule has 0 atom stereocenters. The van der Waals surface area contributed by atoms with Crippen LogP contribution in [0.5, 0.6) is 0 Å². The average molecular weight is 541 g/mol. The van der Waals surface area contributed by atoms with Crippen molar-refractivity contribution < 1.29 is 0 Å². The van der Waals surface area contributed by atoms with E-state index in [0.717, 1.165) is 25.7 Å². The molecule has 0 saturated carbocycles. The molecule has 0 aliphatic heterocycles. The predicted octanol–water partition coefficient (Wildman–Crippen LogP) is 13.1. The minimum atomic E-state index is 0.303. The van der Waals surface area contributed by atoms with Crippen LogP contribution in [0.4, 0.5) is 0 Å². The second kappa shape index (κ2) is 16.2. The van der Waals surface area contributed by atoms with Gasteiger partial charge in [0.15, 0.2) is 0 Å². The zero-order valence-corrected chi connectivity index (χ0v) is 27.8. The van der Waals surface area contributed by atoms with Crippen LogP contribution in [0.2, 0.25) is 0 Å². The molecule has 0 amide bonds. The highest BCUT2D eigenvalue weighted by Gasteiger charge is 2.27. The van der Waals surface area contributed by atoms with Gasteiger partial charge in [-0.3, -0.25) is 0 Å². The Morgan fingerprint density at radius 3 is 1.65 bits per heavy atom. The Labute approximate surface area is 249 Å². The normalized spacial score (nSPS) is 21.6. The number of hydrogen-bond donors (Lipinski definition) is 0. The maximum absolute atomic E-state index is 2.42. The van der Waals surface area contributed by atoms with Crippen LogP contribution in [0.15, 0.2) is 105 Å². The number of allylic oxidation sites excluding steroid dienone is 18. The van der Waals surface area contributed by atoms with E-state index in [9.17, 15) is 0 Å². The minimum Gasteiger partial charge on any atom is -0.0853 e. The fourth-order valence-electron chi connectivity index (χ4n) is 6.26. The maximum atomic E-state index is 2.42. The van der Waals surface area contributed by atoms with Gasteiger partial charge in [-0.1, -0.05) is 122 Å². The van der Waals surface area contributed by atoms with Crippen molar-refractivity contribution in [1.29, 1.82) is 0 Å². The molecule has 0 unspecified atom stereocenters. The Balaban J connectivity index is 1.77. The highest BCUT2D eigenvalue weighted by atomic mass is 14.3. The van der Waals surface area contributed by atoms with Crippen LogP contribution in [0.1, 0.15) is 133 Å². The van der Waals surface area contributed by atoms with Crippen LogP contribution in [0.3, 0.4) is 0 Å². The summed E-state index contributed by atoms with van der Waals surface area (Å²) in [5.74, 6) is 0. The SMILES string of the molecule is CC1=C(/C=C/C(C)=C\CC/C(C)=C/CC/C=C(C)/C=C/C=C(C)/C=C/C2=C(C)CCCC2(C)C)C(C)(C)CCC1. The summed E-state index contributed by atoms with van der Waals surface area (Å²) in [5, 5.41) is 0. The number of rotatable bonds is 12. The fraction of sp³-hybridized carbons (Fsp3) is 0.550. The maximum Gasteiger partial charge on any atom is -0.0104 e. The summed E-state index contributed by atoms with van der Waals surface area (Å²) < 4.78 is 0. The molecule has 40 heavy (non-hydrogen) atoms. The van der Waals surface area contributed by atoms with Crippen molar-refractivity contribution in [2.75, 3.05) is 0 Å². The third kappa shape index (κ3) is 11.6. The van der Waals surface area contributed by atoms with Crippen molar-refractivity contribution >= 4 is 0 Å². The van der Waals surface area contributed by atoms with Gasteiger partial charge in [0.2, 0.25) is 0 Å². The summed E-state index contributed by atoms with van der Waals surface area (Å²) in [7, 11) is 0. The van der Waals surface area contributed by atoms with E-state index >= 15 is 0 Å². The van der Waals surface area contributed by atoms with Gasteiger partial charge in [0.1, 0.15) is 0 Å². The standard InChI is InChI=1S/C40H60/c1-31(19-13-21-33(3)25-27-37-35(5)23-15-29-39(37,7)8)17-11-12-18-32(2)20-14-22-34(4)26-28-38-36(6)24-16-30-40(38,9)10/h13,17-19,21-22,25-28H,11-12,14-16,20,23-24,29-30H2,1-10H3/b19-13+,27-25+,28-26+,31-17+,32-18+,33-21+,34-22-. The third-order valence-corrected chi connectivity index (χ3v) is 8.96. The van der Waals surface area contributed by atoms with Crippen molar-refractivity contribution in [3.63, 3.8) is 0 Å². The zero-order valence-electron chi connectivity index (χ0n) is 27.8. The van der Waals surface area contributed by atoms with Gasteiger partial charge in [0.05, 0.1) is 0 Å². The molecule has 0 N–H and O–H groups in total. The van der Waals surface area contributed by atoms with E-state index in [-0.39, 0.29) is 0 Å². The molecule has 0 aromatic rings. The highest BCUT2D eigenvalue weighted by Crippen LogP contribution is 2.41. The first-order valence-electron chi connectivity index (χ1n) is 15.9. The van der Waals surface area contributed by atoms with Gasteiger partial charge in [-0.15, -0.1) is 0 Å². The molecule has 0 heterocycles. The van der Waals surface area contributed by atoms with E-state index in [1.165, 1.54) is 66.4 Å². The van der Waals surface area contributed by atoms with E-state index in [1.54, 1.807) is 16.7 Å². The first kappa shape index (κ1) is 33.9. The highest BCUT2D eigenvalue weighted by molar-refractivity contribution is 5.37. The molecular formula is C40H60. The van der Waals surface area contributed by atoms with Crippen molar-refractivity contribution in [1.82, 2.24) is 0 Å². The molecule has 0 nitrogen and oxygen atoms in total. The Bertz CT molecular complexity index is 1120. The summed E-state index contributed by atoms with van der Waals surface area (Å²) >= 11 is 0. The summed E-state index contributed by atoms with van der Waals surface area (Å²) in [5.41, 5.74) is 12.4. The number of unbranched alkanes of at least 4 members (excludes halogenated alkanes) is 1. The molecule has 0 bridgehead atoms. The van der Waals surface area contributed by atoms with Crippen LogP contribution in [0, 0.1) is 10.8 Å². The van der Waals surface area contributed by atoms with Gasteiger partial charge in [-0.2, -0.15) is 0 Å². The molecule has 0 spiro atoms. The molecule has 0 aromatic heterocycles. The topological polar surface area (TPSA) is 0 Å². The average Bonchev–Trinajstić information content (AvgIpc) is 2.85. The van der Waals surface area contributed by atoms with Gasteiger partial charge in [-0.05, 0) is 128 Å². The molecule has 0 aromatic carbocycles. The third-order valence-electron chi connectivity index (χ3n) is 8.96. The molecule has 2 rings (SSSR count). The zero-order chi connectivity index (χ0) is 29.8. The van der Waals surface area contributed by atoms with Crippen molar-refractivity contribution in [3.05, 3.63) is 105 Å². The minimum absolute atomic E-state index is 0.303. The quantitative estimate of drug-likeness (QED) is 0.131. The second-order valence-corrected chi connectivity index (χ2v) is 13.9. The monoisotopic (exact) mass is 540 g/mol. The first-order valence-corrected chi connectivity index (χ1v) is 15.9. The van der Waals surface area contributed by atoms with Crippen LogP contribution >= 0.6 is 0 Å². The Kier molecular flexibility index (Phi) is 13.7. The van der Waals surface area contributed by atoms with Gasteiger partial charge < -0.3 is 0 Å². The van der Waals surface area contributed by atoms with Crippen molar-refractivity contribution in [3.8, 4) is 0 Å². The second-order valence-electron chi connectivity index (χ2n) is 13.9. The predicted molar refractivity (Wildman–Crippen MR) is 182 cm³/mol. The Morgan fingerprint density at radius 1 is 0.625 bits per heavy atom. The van der Waals surface area contributed by atoms with Crippen molar-refractivity contribution in [2.24, 2.45) is 10.8 Å². The summed E-state index contributed by atoms with van der Waals surface area (Å²) in [6, 6.07) is 0. The Hall–Kier alpha value is -2.34. The van der Waals surface area contributed by atoms with Crippen LogP contribution in [0.25, 0.3) is 0 Å². The molecule has 0 saturated heterocycles. The fourth-order valence-corrected chi connectivity index (χ4v) is 6.26. The lowest BCUT2D eigenvalue weighted by atomic mass is 9.72. The molecule has 0 fully saturated rings. The summed E-state index contributed by atoms with van der Waals surface area (Å²) in [6.45, 7) is 23.1. The van der Waals surface area contributed by atoms with E-state index in [4.69, 9.17) is 0 Å². The smallest absolute Gasteiger partial charge is 0.0104 e. The lowest BCUT2D eigenvalue weighted by Crippen LogP contribution is -2.19. The first-order chi connectivity index (χ1) is 18.8. The Morgan fingerprint density at radius 2 is 1.10 bits per heavy atom.